The van der Waals surface area contributed by atoms with Gasteiger partial charge >= 0.3 is 0 Å². The molecule has 0 radical (unpaired) electrons. The second-order valence-electron chi connectivity index (χ2n) is 8.12. The molecular formula is C19H27N5O. The van der Waals surface area contributed by atoms with Gasteiger partial charge in [-0.15, -0.1) is 0 Å². The highest BCUT2D eigenvalue weighted by Crippen LogP contribution is 2.25. The van der Waals surface area contributed by atoms with E-state index in [0.29, 0.717) is 12.3 Å². The molecule has 0 unspecified atom stereocenters. The van der Waals surface area contributed by atoms with Crippen LogP contribution in [0.1, 0.15) is 45.7 Å². The number of nitrogens with one attached hydrogen (secondary N) is 1. The minimum atomic E-state index is 0.0346. The van der Waals surface area contributed by atoms with Crippen LogP contribution in [0.25, 0.3) is 11.5 Å². The molecule has 2 aromatic rings. The van der Waals surface area contributed by atoms with Crippen LogP contribution in [0.2, 0.25) is 0 Å². The van der Waals surface area contributed by atoms with Crippen molar-refractivity contribution in [2.75, 3.05) is 13.1 Å². The molecule has 1 fully saturated rings. The van der Waals surface area contributed by atoms with Crippen molar-refractivity contribution in [3.05, 3.63) is 30.5 Å². The molecule has 2 aromatic heterocycles. The molecule has 1 saturated heterocycles. The second kappa shape index (κ2) is 7.33. The standard InChI is InChI=1S/C19H27N5O/c1-19(2,3)10-17(25)24-8-4-5-14(13-24)9-15-11-20-12-16(23-15)18-21-6-7-22-18/h6-7,11-12,14H,4-5,8-10,13H2,1-3H3,(H,21,22)/t14-/m1/s1. The van der Waals surface area contributed by atoms with E-state index in [1.165, 1.54) is 0 Å². The summed E-state index contributed by atoms with van der Waals surface area (Å²) < 4.78 is 0. The van der Waals surface area contributed by atoms with E-state index in [0.717, 1.165) is 49.6 Å². The molecule has 0 aliphatic carbocycles. The Morgan fingerprint density at radius 2 is 2.20 bits per heavy atom. The third-order valence-corrected chi connectivity index (χ3v) is 4.48. The van der Waals surface area contributed by atoms with E-state index in [1.807, 2.05) is 11.1 Å². The Kier molecular flexibility index (Phi) is 5.16. The zero-order valence-electron chi connectivity index (χ0n) is 15.3. The maximum absolute atomic E-state index is 12.5. The number of nitrogens with zero attached hydrogens (tertiary/aromatic N) is 4. The summed E-state index contributed by atoms with van der Waals surface area (Å²) in [6, 6.07) is 0. The van der Waals surface area contributed by atoms with Crippen LogP contribution in [0.3, 0.4) is 0 Å². The first-order valence-electron chi connectivity index (χ1n) is 8.99. The summed E-state index contributed by atoms with van der Waals surface area (Å²) in [5, 5.41) is 0. The molecule has 1 N–H and O–H groups in total. The molecule has 3 heterocycles. The van der Waals surface area contributed by atoms with E-state index < -0.39 is 0 Å². The number of aromatic amines is 1. The van der Waals surface area contributed by atoms with Crippen LogP contribution in [0, 0.1) is 11.3 Å². The maximum atomic E-state index is 12.5. The highest BCUT2D eigenvalue weighted by molar-refractivity contribution is 5.76. The lowest BCUT2D eigenvalue weighted by molar-refractivity contribution is -0.134. The molecule has 6 nitrogen and oxygen atoms in total. The normalized spacial score (nSPS) is 18.4. The fourth-order valence-corrected chi connectivity index (χ4v) is 3.34. The number of hydrogen-bond acceptors (Lipinski definition) is 4. The molecule has 0 saturated carbocycles. The Bertz CT molecular complexity index is 705. The van der Waals surface area contributed by atoms with Gasteiger partial charge in [0, 0.05) is 38.1 Å². The average molecular weight is 341 g/mol. The molecule has 1 aliphatic heterocycles. The van der Waals surface area contributed by atoms with Gasteiger partial charge in [-0.3, -0.25) is 9.78 Å². The lowest BCUT2D eigenvalue weighted by Crippen LogP contribution is -2.41. The molecule has 134 valence electrons. The summed E-state index contributed by atoms with van der Waals surface area (Å²) >= 11 is 0. The lowest BCUT2D eigenvalue weighted by Gasteiger charge is -2.34. The van der Waals surface area contributed by atoms with Gasteiger partial charge in [-0.2, -0.15) is 0 Å². The fourth-order valence-electron chi connectivity index (χ4n) is 3.34. The Morgan fingerprint density at radius 1 is 1.36 bits per heavy atom. The summed E-state index contributed by atoms with van der Waals surface area (Å²) in [5.74, 6) is 1.45. The summed E-state index contributed by atoms with van der Waals surface area (Å²) in [6.07, 6.45) is 10.7. The zero-order valence-corrected chi connectivity index (χ0v) is 15.3. The van der Waals surface area contributed by atoms with Crippen molar-refractivity contribution in [3.8, 4) is 11.5 Å². The third kappa shape index (κ3) is 4.87. The van der Waals surface area contributed by atoms with Crippen LogP contribution in [-0.4, -0.2) is 43.8 Å². The maximum Gasteiger partial charge on any atom is 0.223 e. The van der Waals surface area contributed by atoms with E-state index in [4.69, 9.17) is 0 Å². The van der Waals surface area contributed by atoms with Crippen LogP contribution in [-0.2, 0) is 11.2 Å². The number of aromatic nitrogens is 4. The van der Waals surface area contributed by atoms with E-state index >= 15 is 0 Å². The van der Waals surface area contributed by atoms with Crippen molar-refractivity contribution in [2.24, 2.45) is 11.3 Å². The van der Waals surface area contributed by atoms with Crippen LogP contribution in [0.4, 0.5) is 0 Å². The number of carbonyl (C=O) groups excluding carboxylic acids is 1. The Balaban J connectivity index is 1.63. The van der Waals surface area contributed by atoms with Gasteiger partial charge in [-0.05, 0) is 30.6 Å². The summed E-state index contributed by atoms with van der Waals surface area (Å²) in [4.78, 5) is 30.8. The molecule has 6 heteroatoms. The van der Waals surface area contributed by atoms with Gasteiger partial charge in [-0.25, -0.2) is 9.97 Å². The number of likely N-dealkylation sites (tertiary alicyclic amines) is 1. The monoisotopic (exact) mass is 341 g/mol. The molecule has 25 heavy (non-hydrogen) atoms. The van der Waals surface area contributed by atoms with Gasteiger partial charge in [0.1, 0.15) is 5.69 Å². The van der Waals surface area contributed by atoms with Crippen LogP contribution < -0.4 is 0 Å². The van der Waals surface area contributed by atoms with Crippen molar-refractivity contribution in [1.29, 1.82) is 0 Å². The van der Waals surface area contributed by atoms with Crippen molar-refractivity contribution >= 4 is 5.91 Å². The largest absolute Gasteiger partial charge is 0.343 e. The van der Waals surface area contributed by atoms with E-state index in [9.17, 15) is 4.79 Å². The zero-order chi connectivity index (χ0) is 17.9. The minimum absolute atomic E-state index is 0.0346. The van der Waals surface area contributed by atoms with Crippen molar-refractivity contribution < 1.29 is 4.79 Å². The number of amides is 1. The Hall–Kier alpha value is -2.24. The molecule has 1 amide bonds. The number of imidazole rings is 1. The van der Waals surface area contributed by atoms with Crippen LogP contribution >= 0.6 is 0 Å². The molecular weight excluding hydrogens is 314 g/mol. The SMILES string of the molecule is CC(C)(C)CC(=O)N1CCC[C@H](Cc2cncc(-c3ncc[nH]3)n2)C1. The predicted molar refractivity (Wildman–Crippen MR) is 96.7 cm³/mol. The van der Waals surface area contributed by atoms with Gasteiger partial charge in [-0.1, -0.05) is 20.8 Å². The molecule has 0 spiro atoms. The lowest BCUT2D eigenvalue weighted by atomic mass is 9.89. The average Bonchev–Trinajstić information content (AvgIpc) is 3.08. The number of H-pyrrole nitrogens is 1. The fraction of sp³-hybridized carbons (Fsp3) is 0.579. The van der Waals surface area contributed by atoms with Crippen molar-refractivity contribution in [3.63, 3.8) is 0 Å². The molecule has 0 aromatic carbocycles. The van der Waals surface area contributed by atoms with E-state index in [1.54, 1.807) is 18.6 Å². The van der Waals surface area contributed by atoms with E-state index in [-0.39, 0.29) is 11.3 Å². The smallest absolute Gasteiger partial charge is 0.223 e. The van der Waals surface area contributed by atoms with Crippen molar-refractivity contribution in [2.45, 2.75) is 46.5 Å². The van der Waals surface area contributed by atoms with Gasteiger partial charge < -0.3 is 9.88 Å². The molecule has 1 atom stereocenters. The van der Waals surface area contributed by atoms with Gasteiger partial charge in [0.05, 0.1) is 11.9 Å². The van der Waals surface area contributed by atoms with Gasteiger partial charge in [0.25, 0.3) is 0 Å². The first-order valence-corrected chi connectivity index (χ1v) is 8.99. The van der Waals surface area contributed by atoms with E-state index in [2.05, 4.69) is 40.7 Å². The predicted octanol–water partition coefficient (Wildman–Crippen LogP) is 3.08. The van der Waals surface area contributed by atoms with Crippen LogP contribution in [0.15, 0.2) is 24.8 Å². The summed E-state index contributed by atoms with van der Waals surface area (Å²) in [7, 11) is 0. The quantitative estimate of drug-likeness (QED) is 0.927. The first kappa shape index (κ1) is 17.6. The van der Waals surface area contributed by atoms with Gasteiger partial charge in [0.2, 0.25) is 5.91 Å². The second-order valence-corrected chi connectivity index (χ2v) is 8.12. The highest BCUT2D eigenvalue weighted by Gasteiger charge is 2.27. The number of rotatable bonds is 4. The highest BCUT2D eigenvalue weighted by atomic mass is 16.2. The summed E-state index contributed by atoms with van der Waals surface area (Å²) in [5.41, 5.74) is 1.76. The third-order valence-electron chi connectivity index (χ3n) is 4.48. The minimum Gasteiger partial charge on any atom is -0.343 e. The topological polar surface area (TPSA) is 74.8 Å². The summed E-state index contributed by atoms with van der Waals surface area (Å²) in [6.45, 7) is 8.04. The number of hydrogen-bond donors (Lipinski definition) is 1. The molecule has 3 rings (SSSR count). The Morgan fingerprint density at radius 3 is 2.92 bits per heavy atom. The van der Waals surface area contributed by atoms with Gasteiger partial charge in [0.15, 0.2) is 5.82 Å². The molecule has 0 bridgehead atoms. The Labute approximate surface area is 149 Å². The number of carbonyl (C=O) groups is 1. The van der Waals surface area contributed by atoms with Crippen LogP contribution in [0.5, 0.6) is 0 Å². The first-order chi connectivity index (χ1) is 11.9. The van der Waals surface area contributed by atoms with Crippen molar-refractivity contribution in [1.82, 2.24) is 24.8 Å². The number of piperidine rings is 1. The molecule has 1 aliphatic rings.